The Morgan fingerprint density at radius 1 is 1.00 bits per heavy atom. The molecule has 2 unspecified atom stereocenters. The number of hydrogen-bond donors (Lipinski definition) is 1. The molecule has 4 heteroatoms. The Morgan fingerprint density at radius 2 is 1.52 bits per heavy atom. The van der Waals surface area contributed by atoms with Crippen molar-refractivity contribution in [3.63, 3.8) is 0 Å². The van der Waals surface area contributed by atoms with Crippen molar-refractivity contribution in [3.05, 3.63) is 71.8 Å². The maximum absolute atomic E-state index is 11.6. The Morgan fingerprint density at radius 3 is 2.04 bits per heavy atom. The van der Waals surface area contributed by atoms with Crippen LogP contribution in [0.15, 0.2) is 60.7 Å². The number of nitrogens with zero attached hydrogens (tertiary/aromatic N) is 1. The average molecular weight is 370 g/mol. The fourth-order valence-corrected chi connectivity index (χ4v) is 4.16. The van der Waals surface area contributed by atoms with Gasteiger partial charge in [0.1, 0.15) is 0 Å². The van der Waals surface area contributed by atoms with E-state index in [2.05, 4.69) is 45.0 Å². The molecule has 2 aromatic rings. The molecule has 1 aliphatic heterocycles. The molecule has 27 heavy (non-hydrogen) atoms. The number of ether oxygens (including phenoxy) is 2. The Bertz CT molecular complexity index is 713. The molecule has 0 radical (unpaired) electrons. The van der Waals surface area contributed by atoms with Gasteiger partial charge in [0.05, 0.1) is 24.8 Å². The van der Waals surface area contributed by atoms with E-state index in [1.165, 1.54) is 5.06 Å². The standard InChI is InChI=1S/C23H31NO3/c1-18(2)21(19-11-7-5-8-12-19)24(25)22(3,20-13-9-6-10-14-20)17-23(4)26-15-16-27-23/h5-14,18,21,25H,15-17H2,1-4H3. The molecule has 2 atom stereocenters. The van der Waals surface area contributed by atoms with Crippen molar-refractivity contribution >= 4 is 0 Å². The van der Waals surface area contributed by atoms with Crippen LogP contribution in [0.25, 0.3) is 0 Å². The normalized spacial score (nSPS) is 20.0. The van der Waals surface area contributed by atoms with E-state index < -0.39 is 11.3 Å². The summed E-state index contributed by atoms with van der Waals surface area (Å²) in [5.41, 5.74) is 1.45. The first kappa shape index (κ1) is 20.0. The summed E-state index contributed by atoms with van der Waals surface area (Å²) in [6.07, 6.45) is 0.524. The van der Waals surface area contributed by atoms with Crippen molar-refractivity contribution in [2.75, 3.05) is 13.2 Å². The van der Waals surface area contributed by atoms with Crippen LogP contribution in [0.5, 0.6) is 0 Å². The zero-order valence-corrected chi connectivity index (χ0v) is 16.8. The molecule has 0 saturated carbocycles. The molecule has 1 saturated heterocycles. The van der Waals surface area contributed by atoms with E-state index in [-0.39, 0.29) is 12.0 Å². The molecular formula is C23H31NO3. The van der Waals surface area contributed by atoms with Gasteiger partial charge in [-0.25, -0.2) is 0 Å². The summed E-state index contributed by atoms with van der Waals surface area (Å²) in [5.74, 6) is -0.497. The molecule has 4 nitrogen and oxygen atoms in total. The maximum atomic E-state index is 11.6. The number of hydroxylamine groups is 2. The highest BCUT2D eigenvalue weighted by atomic mass is 16.7. The minimum atomic E-state index is -0.718. The van der Waals surface area contributed by atoms with Gasteiger partial charge >= 0.3 is 0 Å². The molecule has 3 rings (SSSR count). The largest absolute Gasteiger partial charge is 0.348 e. The lowest BCUT2D eigenvalue weighted by Gasteiger charge is -2.46. The van der Waals surface area contributed by atoms with Crippen LogP contribution in [0, 0.1) is 5.92 Å². The Balaban J connectivity index is 2.03. The number of rotatable bonds is 7. The van der Waals surface area contributed by atoms with Crippen LogP contribution < -0.4 is 0 Å². The second kappa shape index (κ2) is 8.11. The predicted octanol–water partition coefficient (Wildman–Crippen LogP) is 5.14. The van der Waals surface area contributed by atoms with E-state index in [4.69, 9.17) is 9.47 Å². The van der Waals surface area contributed by atoms with Crippen molar-refractivity contribution in [1.29, 1.82) is 0 Å². The number of hydrogen-bond acceptors (Lipinski definition) is 4. The molecule has 0 spiro atoms. The molecule has 0 bridgehead atoms. The second-order valence-electron chi connectivity index (χ2n) is 8.09. The quantitative estimate of drug-likeness (QED) is 0.686. The summed E-state index contributed by atoms with van der Waals surface area (Å²) in [7, 11) is 0. The van der Waals surface area contributed by atoms with Gasteiger partial charge in [0.25, 0.3) is 0 Å². The van der Waals surface area contributed by atoms with Gasteiger partial charge in [-0.15, -0.1) is 0 Å². The Hall–Kier alpha value is -1.72. The summed E-state index contributed by atoms with van der Waals surface area (Å²) in [6.45, 7) is 9.46. The third-order valence-electron chi connectivity index (χ3n) is 5.50. The highest BCUT2D eigenvalue weighted by Crippen LogP contribution is 2.44. The van der Waals surface area contributed by atoms with Crippen LogP contribution in [0.1, 0.15) is 51.3 Å². The Labute approximate surface area is 162 Å². The molecule has 1 fully saturated rings. The Kier molecular flexibility index (Phi) is 6.02. The SMILES string of the molecule is CC(C)C(c1ccccc1)N(O)C(C)(CC1(C)OCCO1)c1ccccc1. The van der Waals surface area contributed by atoms with Crippen molar-refractivity contribution in [2.45, 2.75) is 51.5 Å². The fourth-order valence-electron chi connectivity index (χ4n) is 4.16. The van der Waals surface area contributed by atoms with Crippen LogP contribution in [0.3, 0.4) is 0 Å². The fraction of sp³-hybridized carbons (Fsp3) is 0.478. The average Bonchev–Trinajstić information content (AvgIpc) is 3.09. The van der Waals surface area contributed by atoms with Crippen molar-refractivity contribution in [2.24, 2.45) is 5.92 Å². The third-order valence-corrected chi connectivity index (χ3v) is 5.50. The minimum Gasteiger partial charge on any atom is -0.348 e. The van der Waals surface area contributed by atoms with Crippen LogP contribution in [-0.2, 0) is 15.0 Å². The highest BCUT2D eigenvalue weighted by Gasteiger charge is 2.46. The lowest BCUT2D eigenvalue weighted by Crippen LogP contribution is -2.50. The molecule has 1 heterocycles. The molecule has 0 amide bonds. The summed E-state index contributed by atoms with van der Waals surface area (Å²) < 4.78 is 11.8. The van der Waals surface area contributed by atoms with Crippen molar-refractivity contribution < 1.29 is 14.7 Å². The van der Waals surface area contributed by atoms with Gasteiger partial charge in [-0.1, -0.05) is 74.5 Å². The molecule has 1 aliphatic rings. The van der Waals surface area contributed by atoms with E-state index in [9.17, 15) is 5.21 Å². The summed E-state index contributed by atoms with van der Waals surface area (Å²) in [6, 6.07) is 20.2. The smallest absolute Gasteiger partial charge is 0.167 e. The van der Waals surface area contributed by atoms with E-state index >= 15 is 0 Å². The topological polar surface area (TPSA) is 41.9 Å². The van der Waals surface area contributed by atoms with E-state index in [1.54, 1.807) is 0 Å². The van der Waals surface area contributed by atoms with Gasteiger partial charge in [0, 0.05) is 6.42 Å². The van der Waals surface area contributed by atoms with Crippen LogP contribution in [-0.4, -0.2) is 29.3 Å². The van der Waals surface area contributed by atoms with Gasteiger partial charge < -0.3 is 14.7 Å². The van der Waals surface area contributed by atoms with Gasteiger partial charge in [0.15, 0.2) is 5.79 Å². The minimum absolute atomic E-state index is 0.151. The summed E-state index contributed by atoms with van der Waals surface area (Å²) in [4.78, 5) is 0. The predicted molar refractivity (Wildman–Crippen MR) is 106 cm³/mol. The van der Waals surface area contributed by atoms with Crippen molar-refractivity contribution in [3.8, 4) is 0 Å². The van der Waals surface area contributed by atoms with Gasteiger partial charge in [-0.3, -0.25) is 0 Å². The molecule has 2 aromatic carbocycles. The molecule has 1 N–H and O–H groups in total. The van der Waals surface area contributed by atoms with Gasteiger partial charge in [-0.05, 0) is 30.9 Å². The lowest BCUT2D eigenvalue weighted by molar-refractivity contribution is -0.252. The van der Waals surface area contributed by atoms with Crippen LogP contribution in [0.4, 0.5) is 0 Å². The maximum Gasteiger partial charge on any atom is 0.167 e. The monoisotopic (exact) mass is 369 g/mol. The molecule has 146 valence electrons. The van der Waals surface area contributed by atoms with Crippen LogP contribution >= 0.6 is 0 Å². The third kappa shape index (κ3) is 4.25. The first-order valence-electron chi connectivity index (χ1n) is 9.72. The first-order valence-corrected chi connectivity index (χ1v) is 9.72. The first-order chi connectivity index (χ1) is 12.9. The van der Waals surface area contributed by atoms with E-state index in [0.29, 0.717) is 19.6 Å². The van der Waals surface area contributed by atoms with Gasteiger partial charge in [0.2, 0.25) is 0 Å². The van der Waals surface area contributed by atoms with Crippen LogP contribution in [0.2, 0.25) is 0 Å². The second-order valence-corrected chi connectivity index (χ2v) is 8.09. The highest BCUT2D eigenvalue weighted by molar-refractivity contribution is 5.26. The lowest BCUT2D eigenvalue weighted by atomic mass is 9.82. The molecule has 0 aromatic heterocycles. The van der Waals surface area contributed by atoms with E-state index in [1.807, 2.05) is 43.3 Å². The molecular weight excluding hydrogens is 338 g/mol. The summed E-state index contributed by atoms with van der Waals surface area (Å²) >= 11 is 0. The van der Waals surface area contributed by atoms with E-state index in [0.717, 1.165) is 11.1 Å². The zero-order chi connectivity index (χ0) is 19.5. The molecule has 0 aliphatic carbocycles. The van der Waals surface area contributed by atoms with Crippen molar-refractivity contribution in [1.82, 2.24) is 5.06 Å². The zero-order valence-electron chi connectivity index (χ0n) is 16.8. The van der Waals surface area contributed by atoms with Gasteiger partial charge in [-0.2, -0.15) is 5.06 Å². The summed E-state index contributed by atoms with van der Waals surface area (Å²) in [5, 5.41) is 13.1. The number of benzene rings is 2.